The van der Waals surface area contributed by atoms with Crippen LogP contribution in [0.1, 0.15) is 5.56 Å². The lowest BCUT2D eigenvalue weighted by Gasteiger charge is -2.09. The molecule has 0 heterocycles. The van der Waals surface area contributed by atoms with Crippen molar-refractivity contribution in [2.45, 2.75) is 6.92 Å². The quantitative estimate of drug-likeness (QED) is 0.789. The van der Waals surface area contributed by atoms with Gasteiger partial charge in [0.25, 0.3) is 0 Å². The molecule has 0 radical (unpaired) electrons. The first-order valence-corrected chi connectivity index (χ1v) is 7.27. The third kappa shape index (κ3) is 4.06. The van der Waals surface area contributed by atoms with Gasteiger partial charge < -0.3 is 10.6 Å². The van der Waals surface area contributed by atoms with Crippen LogP contribution in [0.2, 0.25) is 5.02 Å². The summed E-state index contributed by atoms with van der Waals surface area (Å²) in [5.41, 5.74) is 1.76. The minimum atomic E-state index is -0.750. The van der Waals surface area contributed by atoms with E-state index < -0.39 is 11.8 Å². The zero-order chi connectivity index (χ0) is 15.4. The van der Waals surface area contributed by atoms with Crippen LogP contribution in [0.25, 0.3) is 0 Å². The fourth-order valence-corrected chi connectivity index (χ4v) is 2.25. The molecule has 0 atom stereocenters. The van der Waals surface area contributed by atoms with Crippen molar-refractivity contribution in [3.05, 3.63) is 57.5 Å². The summed E-state index contributed by atoms with van der Waals surface area (Å²) >= 11 is 9.26. The van der Waals surface area contributed by atoms with Crippen LogP contribution in [0.15, 0.2) is 46.9 Å². The van der Waals surface area contributed by atoms with Gasteiger partial charge in [0.1, 0.15) is 0 Å². The molecular weight excluding hydrogens is 356 g/mol. The molecule has 0 aliphatic heterocycles. The van der Waals surface area contributed by atoms with Gasteiger partial charge in [-0.2, -0.15) is 0 Å². The van der Waals surface area contributed by atoms with Gasteiger partial charge in [-0.15, -0.1) is 0 Å². The molecule has 0 aliphatic carbocycles. The largest absolute Gasteiger partial charge is 0.318 e. The average molecular weight is 368 g/mol. The van der Waals surface area contributed by atoms with Gasteiger partial charge in [-0.25, -0.2) is 0 Å². The normalized spacial score (nSPS) is 10.0. The van der Waals surface area contributed by atoms with E-state index in [4.69, 9.17) is 11.6 Å². The van der Waals surface area contributed by atoms with Crippen molar-refractivity contribution in [3.63, 3.8) is 0 Å². The van der Waals surface area contributed by atoms with E-state index in [9.17, 15) is 9.59 Å². The van der Waals surface area contributed by atoms with E-state index in [2.05, 4.69) is 26.6 Å². The van der Waals surface area contributed by atoms with E-state index in [1.165, 1.54) is 0 Å². The summed E-state index contributed by atoms with van der Waals surface area (Å²) in [5, 5.41) is 5.59. The molecule has 0 spiro atoms. The maximum absolute atomic E-state index is 11.9. The van der Waals surface area contributed by atoms with Gasteiger partial charge in [-0.1, -0.05) is 39.7 Å². The number of carbonyl (C=O) groups excluding carboxylic acids is 2. The van der Waals surface area contributed by atoms with Gasteiger partial charge in [0.2, 0.25) is 0 Å². The van der Waals surface area contributed by atoms with Crippen molar-refractivity contribution in [2.24, 2.45) is 0 Å². The Bertz CT molecular complexity index is 704. The highest BCUT2D eigenvalue weighted by Crippen LogP contribution is 2.23. The van der Waals surface area contributed by atoms with Crippen molar-refractivity contribution >= 4 is 50.7 Å². The minimum Gasteiger partial charge on any atom is -0.318 e. The molecule has 0 bridgehead atoms. The number of hydrogen-bond acceptors (Lipinski definition) is 2. The number of hydrogen-bond donors (Lipinski definition) is 2. The molecule has 4 nitrogen and oxygen atoms in total. The predicted molar refractivity (Wildman–Crippen MR) is 87.6 cm³/mol. The SMILES string of the molecule is Cc1c(Cl)cccc1NC(=O)C(=O)Nc1cccc(Br)c1. The Balaban J connectivity index is 2.06. The highest BCUT2D eigenvalue weighted by atomic mass is 79.9. The smallest absolute Gasteiger partial charge is 0.314 e. The Hall–Kier alpha value is -1.85. The first-order valence-electron chi connectivity index (χ1n) is 6.10. The third-order valence-corrected chi connectivity index (χ3v) is 3.71. The van der Waals surface area contributed by atoms with Gasteiger partial charge in [0.15, 0.2) is 0 Å². The Kier molecular flexibility index (Phi) is 4.98. The fourth-order valence-electron chi connectivity index (χ4n) is 1.68. The maximum atomic E-state index is 11.9. The van der Waals surface area contributed by atoms with Crippen LogP contribution in [0.3, 0.4) is 0 Å². The van der Waals surface area contributed by atoms with Crippen LogP contribution in [-0.4, -0.2) is 11.8 Å². The number of anilines is 2. The van der Waals surface area contributed by atoms with Crippen LogP contribution in [0.4, 0.5) is 11.4 Å². The van der Waals surface area contributed by atoms with Crippen LogP contribution in [-0.2, 0) is 9.59 Å². The van der Waals surface area contributed by atoms with Crippen LogP contribution in [0, 0.1) is 6.92 Å². The van der Waals surface area contributed by atoms with E-state index in [-0.39, 0.29) is 0 Å². The summed E-state index contributed by atoms with van der Waals surface area (Å²) in [4.78, 5) is 23.7. The standard InChI is InChI=1S/C15H12BrClN2O2/c1-9-12(17)6-3-7-13(9)19-15(21)14(20)18-11-5-2-4-10(16)8-11/h2-8H,1H3,(H,18,20)(H,19,21). The summed E-state index contributed by atoms with van der Waals surface area (Å²) in [5.74, 6) is -1.49. The zero-order valence-electron chi connectivity index (χ0n) is 11.1. The van der Waals surface area contributed by atoms with Crippen LogP contribution in [0.5, 0.6) is 0 Å². The summed E-state index contributed by atoms with van der Waals surface area (Å²) in [6.07, 6.45) is 0. The third-order valence-electron chi connectivity index (χ3n) is 2.80. The monoisotopic (exact) mass is 366 g/mol. The van der Waals surface area contributed by atoms with Crippen molar-refractivity contribution < 1.29 is 9.59 Å². The van der Waals surface area contributed by atoms with E-state index in [1.54, 1.807) is 43.3 Å². The summed E-state index contributed by atoms with van der Waals surface area (Å²) in [6, 6.07) is 12.1. The minimum absolute atomic E-state index is 0.511. The lowest BCUT2D eigenvalue weighted by Crippen LogP contribution is -2.29. The summed E-state index contributed by atoms with van der Waals surface area (Å²) in [6.45, 7) is 1.77. The van der Waals surface area contributed by atoms with Crippen molar-refractivity contribution in [2.75, 3.05) is 10.6 Å². The molecule has 0 fully saturated rings. The van der Waals surface area contributed by atoms with Gasteiger partial charge in [-0.05, 0) is 42.8 Å². The summed E-state index contributed by atoms with van der Waals surface area (Å²) in [7, 11) is 0. The fraction of sp³-hybridized carbons (Fsp3) is 0.0667. The van der Waals surface area contributed by atoms with E-state index >= 15 is 0 Å². The lowest BCUT2D eigenvalue weighted by molar-refractivity contribution is -0.133. The maximum Gasteiger partial charge on any atom is 0.314 e. The first-order chi connectivity index (χ1) is 9.97. The topological polar surface area (TPSA) is 58.2 Å². The Morgan fingerprint density at radius 2 is 1.71 bits per heavy atom. The molecule has 0 aliphatic rings. The van der Waals surface area contributed by atoms with E-state index in [0.29, 0.717) is 22.0 Å². The van der Waals surface area contributed by atoms with Gasteiger partial charge in [-0.3, -0.25) is 9.59 Å². The molecule has 0 unspecified atom stereocenters. The second-order valence-electron chi connectivity index (χ2n) is 4.33. The molecule has 0 saturated heterocycles. The van der Waals surface area contributed by atoms with Crippen LogP contribution >= 0.6 is 27.5 Å². The average Bonchev–Trinajstić information content (AvgIpc) is 2.44. The molecule has 6 heteroatoms. The highest BCUT2D eigenvalue weighted by molar-refractivity contribution is 9.10. The second kappa shape index (κ2) is 6.74. The number of halogens is 2. The van der Waals surface area contributed by atoms with E-state index in [1.807, 2.05) is 6.07 Å². The van der Waals surface area contributed by atoms with Gasteiger partial charge >= 0.3 is 11.8 Å². The number of rotatable bonds is 2. The predicted octanol–water partition coefficient (Wildman–Crippen LogP) is 3.99. The zero-order valence-corrected chi connectivity index (χ0v) is 13.5. The Labute approximate surface area is 135 Å². The van der Waals surface area contributed by atoms with Gasteiger partial charge in [0, 0.05) is 20.9 Å². The highest BCUT2D eigenvalue weighted by Gasteiger charge is 2.15. The number of benzene rings is 2. The molecule has 2 N–H and O–H groups in total. The van der Waals surface area contributed by atoms with Crippen molar-refractivity contribution in [3.8, 4) is 0 Å². The molecular formula is C15H12BrClN2O2. The van der Waals surface area contributed by atoms with Crippen molar-refractivity contribution in [1.82, 2.24) is 0 Å². The molecule has 2 amide bonds. The first kappa shape index (κ1) is 15.5. The molecule has 108 valence electrons. The summed E-state index contributed by atoms with van der Waals surface area (Å²) < 4.78 is 0.811. The van der Waals surface area contributed by atoms with E-state index in [0.717, 1.165) is 4.47 Å². The molecule has 0 aromatic heterocycles. The van der Waals surface area contributed by atoms with Gasteiger partial charge in [0.05, 0.1) is 0 Å². The Morgan fingerprint density at radius 1 is 1.05 bits per heavy atom. The number of amides is 2. The molecule has 21 heavy (non-hydrogen) atoms. The molecule has 0 saturated carbocycles. The molecule has 2 aromatic rings. The number of carbonyl (C=O) groups is 2. The lowest BCUT2D eigenvalue weighted by atomic mass is 10.2. The molecule has 2 rings (SSSR count). The molecule has 2 aromatic carbocycles. The van der Waals surface area contributed by atoms with Crippen molar-refractivity contribution in [1.29, 1.82) is 0 Å². The second-order valence-corrected chi connectivity index (χ2v) is 5.65. The Morgan fingerprint density at radius 3 is 2.43 bits per heavy atom. The van der Waals surface area contributed by atoms with Crippen LogP contribution < -0.4 is 10.6 Å². The number of nitrogens with one attached hydrogen (secondary N) is 2.